The van der Waals surface area contributed by atoms with Crippen LogP contribution >= 0.6 is 61.1 Å². The third kappa shape index (κ3) is 28.4. The van der Waals surface area contributed by atoms with Gasteiger partial charge in [0.05, 0.1) is 38.6 Å². The molecule has 2 unspecified atom stereocenters. The molecule has 0 amide bonds. The minimum absolute atomic E-state index is 0.00419. The number of methoxy groups -OCH3 is 1. The average molecular weight is 1150 g/mol. The molecule has 3 aromatic rings. The zero-order chi connectivity index (χ0) is 59.0. The molecule has 2 aliphatic rings. The van der Waals surface area contributed by atoms with Gasteiger partial charge in [-0.05, 0) is 146 Å². The predicted molar refractivity (Wildman–Crippen MR) is 350 cm³/mol. The second kappa shape index (κ2) is 34.4. The summed E-state index contributed by atoms with van der Waals surface area (Å²) in [6, 6.07) is 25.8. The van der Waals surface area contributed by atoms with E-state index in [9.17, 15) is 0 Å². The SMILES string of the molecule is CC(C)(C)C(=S)OC1CCCCC1.CC(C)(C)C(=S)OCCC1c2ccccc2-c2ccccc21.CC(C)COC(=S)C(C)(C)C.CCC(OC)C(C)COC(=S)C(C)(C)C.Cc1ccccc1CCOC(=S)C(C)(C)C. The van der Waals surface area contributed by atoms with Crippen LogP contribution in [0, 0.1) is 45.8 Å². The second-order valence-electron chi connectivity index (χ2n) is 26.1. The summed E-state index contributed by atoms with van der Waals surface area (Å²) in [6.45, 7) is 44.5. The molecule has 2 atom stereocenters. The fraction of sp³-hybridized carbons (Fsp3) is 0.652. The van der Waals surface area contributed by atoms with E-state index in [0.29, 0.717) is 63.9 Å². The van der Waals surface area contributed by atoms with Gasteiger partial charge in [-0.3, -0.25) is 0 Å². The lowest BCUT2D eigenvalue weighted by Gasteiger charge is -2.28. The molecular formula is C66H104O6S5. The Hall–Kier alpha value is -2.93. The molecule has 0 aromatic heterocycles. The number of hydrogen-bond donors (Lipinski definition) is 0. The third-order valence-electron chi connectivity index (χ3n) is 12.7. The van der Waals surface area contributed by atoms with Crippen molar-refractivity contribution < 1.29 is 28.4 Å². The molecule has 0 aliphatic heterocycles. The van der Waals surface area contributed by atoms with Crippen LogP contribution in [0.3, 0.4) is 0 Å². The number of benzene rings is 3. The van der Waals surface area contributed by atoms with Crippen LogP contribution in [0.1, 0.15) is 205 Å². The van der Waals surface area contributed by atoms with Gasteiger partial charge in [0.2, 0.25) is 0 Å². The quantitative estimate of drug-likeness (QED) is 0.145. The molecular weight excluding hydrogens is 1050 g/mol. The summed E-state index contributed by atoms with van der Waals surface area (Å²) < 4.78 is 33.6. The van der Waals surface area contributed by atoms with E-state index in [1.54, 1.807) is 7.11 Å². The minimum Gasteiger partial charge on any atom is -0.486 e. The molecule has 77 heavy (non-hydrogen) atoms. The summed E-state index contributed by atoms with van der Waals surface area (Å²) >= 11 is 26.1. The summed E-state index contributed by atoms with van der Waals surface area (Å²) in [4.78, 5) is 0. The Morgan fingerprint density at radius 3 is 1.34 bits per heavy atom. The molecule has 0 radical (unpaired) electrons. The van der Waals surface area contributed by atoms with E-state index >= 15 is 0 Å². The van der Waals surface area contributed by atoms with Crippen molar-refractivity contribution >= 4 is 86.3 Å². The molecule has 0 saturated heterocycles. The third-order valence-corrected chi connectivity index (χ3v) is 16.4. The highest BCUT2D eigenvalue weighted by atomic mass is 32.1. The van der Waals surface area contributed by atoms with Gasteiger partial charge >= 0.3 is 0 Å². The van der Waals surface area contributed by atoms with Crippen LogP contribution in [0.15, 0.2) is 72.8 Å². The van der Waals surface area contributed by atoms with Gasteiger partial charge in [-0.25, -0.2) is 0 Å². The Balaban J connectivity index is 0.000000492. The van der Waals surface area contributed by atoms with E-state index in [2.05, 4.69) is 211 Å². The van der Waals surface area contributed by atoms with Gasteiger partial charge in [-0.1, -0.05) is 211 Å². The summed E-state index contributed by atoms with van der Waals surface area (Å²) in [5, 5.41) is 3.57. The van der Waals surface area contributed by atoms with Gasteiger partial charge in [0, 0.05) is 52.4 Å². The van der Waals surface area contributed by atoms with Crippen LogP contribution in [-0.2, 0) is 34.8 Å². The normalized spacial score (nSPS) is 14.4. The van der Waals surface area contributed by atoms with E-state index < -0.39 is 0 Å². The lowest BCUT2D eigenvalue weighted by molar-refractivity contribution is 0.0328. The highest BCUT2D eigenvalue weighted by Gasteiger charge is 2.29. The Bertz CT molecular complexity index is 2200. The second-order valence-corrected chi connectivity index (χ2v) is 28.0. The predicted octanol–water partition coefficient (Wildman–Crippen LogP) is 19.7. The van der Waals surface area contributed by atoms with Crippen molar-refractivity contribution in [3.63, 3.8) is 0 Å². The topological polar surface area (TPSA) is 55.4 Å². The number of rotatable bonds is 14. The van der Waals surface area contributed by atoms with Crippen molar-refractivity contribution in [3.8, 4) is 11.1 Å². The summed E-state index contributed by atoms with van der Waals surface area (Å²) in [5.41, 5.74) is 8.06. The molecule has 1 saturated carbocycles. The Labute approximate surface area is 498 Å². The van der Waals surface area contributed by atoms with Crippen LogP contribution in [0.4, 0.5) is 0 Å². The highest BCUT2D eigenvalue weighted by molar-refractivity contribution is 7.81. The van der Waals surface area contributed by atoms with Crippen LogP contribution in [0.25, 0.3) is 11.1 Å². The average Bonchev–Trinajstić information content (AvgIpc) is 3.66. The Morgan fingerprint density at radius 1 is 0.519 bits per heavy atom. The number of ether oxygens (including phenoxy) is 6. The zero-order valence-electron chi connectivity index (χ0n) is 51.8. The molecule has 2 aliphatic carbocycles. The Kier molecular flexibility index (Phi) is 32.2. The first kappa shape index (κ1) is 72.1. The van der Waals surface area contributed by atoms with Crippen LogP contribution < -0.4 is 0 Å². The van der Waals surface area contributed by atoms with E-state index in [1.165, 1.54) is 65.5 Å². The maximum absolute atomic E-state index is 5.83. The minimum atomic E-state index is -0.0686. The van der Waals surface area contributed by atoms with Crippen molar-refractivity contribution in [2.45, 2.75) is 208 Å². The monoisotopic (exact) mass is 1150 g/mol. The smallest absolute Gasteiger partial charge is 0.165 e. The maximum atomic E-state index is 5.83. The van der Waals surface area contributed by atoms with Crippen molar-refractivity contribution in [1.82, 2.24) is 0 Å². The molecule has 0 bridgehead atoms. The number of aryl methyl sites for hydroxylation is 1. The first-order chi connectivity index (χ1) is 35.6. The molecule has 0 spiro atoms. The molecule has 1 fully saturated rings. The van der Waals surface area contributed by atoms with E-state index in [0.717, 1.165) is 30.9 Å². The van der Waals surface area contributed by atoms with Crippen molar-refractivity contribution in [3.05, 3.63) is 95.1 Å². The lowest BCUT2D eigenvalue weighted by atomic mass is 9.94. The van der Waals surface area contributed by atoms with E-state index in [1.807, 2.05) is 0 Å². The lowest BCUT2D eigenvalue weighted by Crippen LogP contribution is -2.28. The molecule has 5 rings (SSSR count). The summed E-state index contributed by atoms with van der Waals surface area (Å²) in [7, 11) is 1.74. The van der Waals surface area contributed by atoms with Gasteiger partial charge in [-0.2, -0.15) is 0 Å². The first-order valence-corrected chi connectivity index (χ1v) is 30.3. The number of hydrogen-bond acceptors (Lipinski definition) is 11. The number of thiocarbonyl (C=S) groups is 5. The molecule has 0 heterocycles. The largest absolute Gasteiger partial charge is 0.486 e. The summed E-state index contributed by atoms with van der Waals surface area (Å²) in [6.07, 6.45) is 9.90. The van der Waals surface area contributed by atoms with Crippen LogP contribution in [0.2, 0.25) is 0 Å². The van der Waals surface area contributed by atoms with Crippen molar-refractivity contribution in [2.24, 2.45) is 38.9 Å². The Morgan fingerprint density at radius 2 is 0.922 bits per heavy atom. The fourth-order valence-corrected chi connectivity index (χ4v) is 8.16. The van der Waals surface area contributed by atoms with Gasteiger partial charge in [0.1, 0.15) is 0 Å². The fourth-order valence-electron chi connectivity index (χ4n) is 7.72. The van der Waals surface area contributed by atoms with Gasteiger partial charge < -0.3 is 28.4 Å². The van der Waals surface area contributed by atoms with Crippen molar-refractivity contribution in [2.75, 3.05) is 33.5 Å². The molecule has 6 nitrogen and oxygen atoms in total. The van der Waals surface area contributed by atoms with Crippen LogP contribution in [-0.4, -0.2) is 71.0 Å². The molecule has 3 aromatic carbocycles. The van der Waals surface area contributed by atoms with Crippen LogP contribution in [0.5, 0.6) is 0 Å². The number of fused-ring (bicyclic) bond motifs is 3. The van der Waals surface area contributed by atoms with E-state index in [-0.39, 0.29) is 33.2 Å². The first-order valence-electron chi connectivity index (χ1n) is 28.2. The summed E-state index contributed by atoms with van der Waals surface area (Å²) in [5.74, 6) is 1.34. The molecule has 0 N–H and O–H groups in total. The van der Waals surface area contributed by atoms with Gasteiger partial charge in [-0.15, -0.1) is 0 Å². The van der Waals surface area contributed by atoms with Gasteiger partial charge in [0.25, 0.3) is 0 Å². The zero-order valence-corrected chi connectivity index (χ0v) is 55.9. The maximum Gasteiger partial charge on any atom is 0.165 e. The van der Waals surface area contributed by atoms with Crippen molar-refractivity contribution in [1.29, 1.82) is 0 Å². The molecule has 434 valence electrons. The van der Waals surface area contributed by atoms with E-state index in [4.69, 9.17) is 89.5 Å². The standard InChI is InChI=1S/C20H22OS.C14H20OS.C12H24O2S.C11H20OS.C9H18OS/c1-20(2,3)19(22)21-13-12-18-16-10-6-4-8-14(16)15-9-5-7-11-17(15)18;1-11-7-5-6-8-12(11)9-10-15-13(16)14(2,3)4;1-7-10(13-6)9(2)8-14-11(15)12(3,4)5;1-11(2,3)10(13)12-9-7-5-4-6-8-9;1-7(2)6-10-8(11)9(3,4)5/h4-11,18H,12-13H2,1-3H3;5-8H,9-10H2,1-4H3;9-10H,7-8H2,1-6H3;9H,4-8H2,1-3H3;7H,6H2,1-5H3. The molecule has 11 heteroatoms. The highest BCUT2D eigenvalue weighted by Crippen LogP contribution is 2.46. The van der Waals surface area contributed by atoms with Gasteiger partial charge in [0.15, 0.2) is 25.3 Å².